The summed E-state index contributed by atoms with van der Waals surface area (Å²) in [6.45, 7) is 4.36. The Morgan fingerprint density at radius 3 is 3.08 bits per heavy atom. The zero-order chi connectivity index (χ0) is 17.8. The highest BCUT2D eigenvalue weighted by atomic mass is 32.2. The lowest BCUT2D eigenvalue weighted by Crippen LogP contribution is -2.35. The number of hydrogen-bond donors (Lipinski definition) is 1. The van der Waals surface area contributed by atoms with Crippen molar-refractivity contribution in [2.45, 2.75) is 32.1 Å². The van der Waals surface area contributed by atoms with Gasteiger partial charge in [-0.15, -0.1) is 11.8 Å². The molecule has 0 aromatic carbocycles. The second-order valence-electron chi connectivity index (χ2n) is 7.50. The number of thioether (sulfide) groups is 1. The highest BCUT2D eigenvalue weighted by Gasteiger charge is 2.45. The number of nitriles is 1. The molecular weight excluding hydrogens is 340 g/mol. The van der Waals surface area contributed by atoms with Gasteiger partial charge in [0.15, 0.2) is 0 Å². The van der Waals surface area contributed by atoms with Gasteiger partial charge < -0.3 is 10.2 Å². The number of likely N-dealkylation sites (tertiary alicyclic amines) is 1. The lowest BCUT2D eigenvalue weighted by molar-refractivity contribution is 0.235. The van der Waals surface area contributed by atoms with Crippen LogP contribution in [-0.2, 0) is 0 Å². The molecule has 0 bridgehead atoms. The first-order valence-electron chi connectivity index (χ1n) is 9.62. The lowest BCUT2D eigenvalue weighted by atomic mass is 9.69. The molecule has 4 rings (SSSR count). The predicted octanol–water partition coefficient (Wildman–Crippen LogP) is 3.77. The van der Waals surface area contributed by atoms with Gasteiger partial charge in [0.1, 0.15) is 0 Å². The van der Waals surface area contributed by atoms with Crippen LogP contribution >= 0.6 is 11.8 Å². The number of aliphatic imine (C=N–C) groups is 1. The van der Waals surface area contributed by atoms with Crippen LogP contribution < -0.4 is 5.32 Å². The third-order valence-corrected chi connectivity index (χ3v) is 6.89. The minimum absolute atomic E-state index is 0.0426. The molecule has 0 aromatic heterocycles. The first kappa shape index (κ1) is 17.6. The Balaban J connectivity index is 1.55. The van der Waals surface area contributed by atoms with E-state index in [2.05, 4.69) is 33.8 Å². The SMILES string of the molecule is N#CC=C1CC=C2NC=CC(=NCCN3CCCCC3)C3=CSCC23C1. The van der Waals surface area contributed by atoms with Crippen molar-refractivity contribution in [2.24, 2.45) is 10.4 Å². The number of hydrogen-bond acceptors (Lipinski definition) is 5. The zero-order valence-corrected chi connectivity index (χ0v) is 16.0. The van der Waals surface area contributed by atoms with Gasteiger partial charge in [-0.25, -0.2) is 0 Å². The number of piperidine rings is 1. The van der Waals surface area contributed by atoms with E-state index in [1.807, 2.05) is 18.0 Å². The first-order chi connectivity index (χ1) is 12.8. The van der Waals surface area contributed by atoms with Crippen molar-refractivity contribution in [1.82, 2.24) is 10.2 Å². The molecule has 4 aliphatic rings. The van der Waals surface area contributed by atoms with E-state index in [4.69, 9.17) is 10.3 Å². The molecule has 0 amide bonds. The summed E-state index contributed by atoms with van der Waals surface area (Å²) in [6, 6.07) is 2.22. The van der Waals surface area contributed by atoms with Crippen molar-refractivity contribution < 1.29 is 0 Å². The molecule has 0 aromatic rings. The van der Waals surface area contributed by atoms with E-state index in [1.165, 1.54) is 49.2 Å². The summed E-state index contributed by atoms with van der Waals surface area (Å²) in [5.41, 5.74) is 4.90. The zero-order valence-electron chi connectivity index (χ0n) is 15.2. The second kappa shape index (κ2) is 7.85. The van der Waals surface area contributed by atoms with Crippen LogP contribution in [0.2, 0.25) is 0 Å². The number of allylic oxidation sites excluding steroid dienone is 5. The van der Waals surface area contributed by atoms with Crippen molar-refractivity contribution in [2.75, 3.05) is 31.9 Å². The van der Waals surface area contributed by atoms with E-state index in [9.17, 15) is 0 Å². The normalized spacial score (nSPS) is 31.5. The second-order valence-corrected chi connectivity index (χ2v) is 8.36. The van der Waals surface area contributed by atoms with Gasteiger partial charge in [-0.1, -0.05) is 18.1 Å². The molecule has 1 fully saturated rings. The Bertz CT molecular complexity index is 746. The van der Waals surface area contributed by atoms with Gasteiger partial charge in [0.2, 0.25) is 0 Å². The maximum atomic E-state index is 9.08. The molecule has 136 valence electrons. The maximum Gasteiger partial charge on any atom is 0.0911 e. The molecular formula is C21H26N4S. The van der Waals surface area contributed by atoms with E-state index in [-0.39, 0.29) is 5.41 Å². The molecule has 1 spiro atoms. The molecule has 1 unspecified atom stereocenters. The fraction of sp³-hybridized carbons (Fsp3) is 0.524. The van der Waals surface area contributed by atoms with Crippen molar-refractivity contribution in [3.05, 3.63) is 46.7 Å². The summed E-state index contributed by atoms with van der Waals surface area (Å²) < 4.78 is 0. The van der Waals surface area contributed by atoms with E-state index < -0.39 is 0 Å². The van der Waals surface area contributed by atoms with Gasteiger partial charge in [-0.3, -0.25) is 4.99 Å². The smallest absolute Gasteiger partial charge is 0.0911 e. The van der Waals surface area contributed by atoms with Crippen LogP contribution in [0.3, 0.4) is 0 Å². The minimum Gasteiger partial charge on any atom is -0.364 e. The van der Waals surface area contributed by atoms with Crippen molar-refractivity contribution in [3.63, 3.8) is 0 Å². The van der Waals surface area contributed by atoms with Gasteiger partial charge >= 0.3 is 0 Å². The Morgan fingerprint density at radius 2 is 2.23 bits per heavy atom. The van der Waals surface area contributed by atoms with E-state index in [0.717, 1.165) is 37.4 Å². The molecule has 5 heteroatoms. The molecule has 0 saturated carbocycles. The molecule has 0 radical (unpaired) electrons. The summed E-state index contributed by atoms with van der Waals surface area (Å²) in [7, 11) is 0. The van der Waals surface area contributed by atoms with Crippen LogP contribution in [-0.4, -0.2) is 42.5 Å². The lowest BCUT2D eigenvalue weighted by Gasteiger charge is -2.37. The minimum atomic E-state index is -0.0426. The molecule has 1 atom stereocenters. The first-order valence-corrected chi connectivity index (χ1v) is 10.7. The number of nitrogens with one attached hydrogen (secondary N) is 1. The summed E-state index contributed by atoms with van der Waals surface area (Å²) in [4.78, 5) is 7.53. The van der Waals surface area contributed by atoms with Gasteiger partial charge in [-0.2, -0.15) is 5.26 Å². The van der Waals surface area contributed by atoms with Crippen LogP contribution in [0.4, 0.5) is 0 Å². The standard InChI is InChI=1S/C21H26N4S/c22-8-6-17-4-5-20-21(14-17)16-26-15-18(21)19(7-9-24-20)23-10-13-25-11-2-1-3-12-25/h5-7,9,15,24H,1-4,10-14,16H2. The number of nitrogens with zero attached hydrogens (tertiary/aromatic N) is 3. The number of rotatable bonds is 3. The third kappa shape index (κ3) is 3.41. The van der Waals surface area contributed by atoms with E-state index in [1.54, 1.807) is 6.08 Å². The Morgan fingerprint density at radius 1 is 1.35 bits per heavy atom. The van der Waals surface area contributed by atoms with Crippen molar-refractivity contribution >= 4 is 17.5 Å². The monoisotopic (exact) mass is 366 g/mol. The third-order valence-electron chi connectivity index (χ3n) is 5.83. The quantitative estimate of drug-likeness (QED) is 0.773. The molecule has 1 saturated heterocycles. The van der Waals surface area contributed by atoms with Crippen LogP contribution in [0.15, 0.2) is 51.7 Å². The Hall–Kier alpha value is -1.77. The van der Waals surface area contributed by atoms with Crippen LogP contribution in [0.25, 0.3) is 0 Å². The van der Waals surface area contributed by atoms with Crippen LogP contribution in [0.1, 0.15) is 32.1 Å². The fourth-order valence-electron chi connectivity index (χ4n) is 4.45. The summed E-state index contributed by atoms with van der Waals surface area (Å²) in [5, 5.41) is 14.9. The molecule has 4 nitrogen and oxygen atoms in total. The topological polar surface area (TPSA) is 51.4 Å². The summed E-state index contributed by atoms with van der Waals surface area (Å²) in [5.74, 6) is 1.02. The molecule has 1 aliphatic carbocycles. The maximum absolute atomic E-state index is 9.08. The highest BCUT2D eigenvalue weighted by Crippen LogP contribution is 2.52. The fourth-order valence-corrected chi connectivity index (χ4v) is 5.74. The Labute approximate surface area is 160 Å². The molecule has 26 heavy (non-hydrogen) atoms. The van der Waals surface area contributed by atoms with Crippen molar-refractivity contribution in [1.29, 1.82) is 5.26 Å². The highest BCUT2D eigenvalue weighted by molar-refractivity contribution is 8.02. The van der Waals surface area contributed by atoms with Gasteiger partial charge in [0.25, 0.3) is 0 Å². The predicted molar refractivity (Wildman–Crippen MR) is 109 cm³/mol. The summed E-state index contributed by atoms with van der Waals surface area (Å²) in [6.07, 6.45) is 14.0. The van der Waals surface area contributed by atoms with Crippen molar-refractivity contribution in [3.8, 4) is 6.07 Å². The average Bonchev–Trinajstić information content (AvgIpc) is 3.00. The molecule has 3 aliphatic heterocycles. The Kier molecular flexibility index (Phi) is 5.33. The van der Waals surface area contributed by atoms with Gasteiger partial charge in [0.05, 0.1) is 23.7 Å². The molecule has 1 N–H and O–H groups in total. The van der Waals surface area contributed by atoms with E-state index >= 15 is 0 Å². The average molecular weight is 367 g/mol. The van der Waals surface area contributed by atoms with Gasteiger partial charge in [-0.05, 0) is 55.8 Å². The van der Waals surface area contributed by atoms with Crippen LogP contribution in [0.5, 0.6) is 0 Å². The summed E-state index contributed by atoms with van der Waals surface area (Å²) >= 11 is 1.87. The molecule has 3 heterocycles. The largest absolute Gasteiger partial charge is 0.364 e. The van der Waals surface area contributed by atoms with Gasteiger partial charge in [0, 0.05) is 30.3 Å². The van der Waals surface area contributed by atoms with Crippen LogP contribution in [0, 0.1) is 16.7 Å². The van der Waals surface area contributed by atoms with E-state index in [0.29, 0.717) is 0 Å².